The van der Waals surface area contributed by atoms with Crippen molar-refractivity contribution in [3.05, 3.63) is 65.5 Å². The van der Waals surface area contributed by atoms with Crippen LogP contribution in [0.4, 0.5) is 0 Å². The number of aromatic nitrogens is 1. The van der Waals surface area contributed by atoms with Crippen LogP contribution in [0.2, 0.25) is 0 Å². The van der Waals surface area contributed by atoms with Crippen LogP contribution in [0.5, 0.6) is 0 Å². The number of hydrogen-bond acceptors (Lipinski definition) is 3. The smallest absolute Gasteiger partial charge is 0.338 e. The molecule has 0 spiro atoms. The Morgan fingerprint density at radius 1 is 1.12 bits per heavy atom. The molecule has 0 radical (unpaired) electrons. The average molecular weight is 341 g/mol. The van der Waals surface area contributed by atoms with E-state index in [-0.39, 0.29) is 17.5 Å². The Hall–Kier alpha value is -2.69. The van der Waals surface area contributed by atoms with Crippen molar-refractivity contribution in [2.24, 2.45) is 11.1 Å². The average Bonchev–Trinajstić information content (AvgIpc) is 2.54. The minimum atomic E-state index is -0.454. The third kappa shape index (κ3) is 5.14. The zero-order chi connectivity index (χ0) is 18.6. The molecule has 2 N–H and O–H groups in total. The first kappa shape index (κ1) is 18.6. The lowest BCUT2D eigenvalue weighted by molar-refractivity contribution is -0.688. The fourth-order valence-corrected chi connectivity index (χ4v) is 2.14. The summed E-state index contributed by atoms with van der Waals surface area (Å²) in [7, 11) is 0. The molecule has 0 aliphatic heterocycles. The molecule has 25 heavy (non-hydrogen) atoms. The van der Waals surface area contributed by atoms with E-state index in [2.05, 4.69) is 0 Å². The molecular formula is C20H25N2O3+. The number of nitrogens with two attached hydrogens (primary N) is 1. The van der Waals surface area contributed by atoms with E-state index in [9.17, 15) is 9.59 Å². The van der Waals surface area contributed by atoms with Crippen LogP contribution in [0.25, 0.3) is 0 Å². The number of amides is 1. The summed E-state index contributed by atoms with van der Waals surface area (Å²) in [6, 6.07) is 10.7. The summed E-state index contributed by atoms with van der Waals surface area (Å²) in [6.45, 7) is 8.59. The number of carbonyl (C=O) groups is 2. The second-order valence-corrected chi connectivity index (χ2v) is 7.24. The van der Waals surface area contributed by atoms with Gasteiger partial charge in [-0.05, 0) is 24.5 Å². The van der Waals surface area contributed by atoms with E-state index >= 15 is 0 Å². The van der Waals surface area contributed by atoms with Crippen LogP contribution < -0.4 is 10.3 Å². The van der Waals surface area contributed by atoms with E-state index in [0.717, 1.165) is 5.56 Å². The minimum absolute atomic E-state index is 0.106. The van der Waals surface area contributed by atoms with Gasteiger partial charge >= 0.3 is 5.97 Å². The molecule has 0 aliphatic rings. The molecule has 0 saturated carbocycles. The summed E-state index contributed by atoms with van der Waals surface area (Å²) in [4.78, 5) is 23.5. The molecule has 0 aliphatic carbocycles. The maximum absolute atomic E-state index is 12.3. The molecule has 0 fully saturated rings. The highest BCUT2D eigenvalue weighted by atomic mass is 16.5. The SMILES string of the molecule is C[C@@H](OC(=O)c1cccc(C[n+]2ccc(C(N)=O)cc2)c1)C(C)(C)C. The first-order valence-electron chi connectivity index (χ1n) is 8.25. The maximum atomic E-state index is 12.3. The van der Waals surface area contributed by atoms with Gasteiger partial charge in [0, 0.05) is 17.7 Å². The molecule has 132 valence electrons. The minimum Gasteiger partial charge on any atom is -0.459 e. The van der Waals surface area contributed by atoms with Gasteiger partial charge in [0.2, 0.25) is 5.91 Å². The summed E-state index contributed by atoms with van der Waals surface area (Å²) in [6.07, 6.45) is 3.39. The summed E-state index contributed by atoms with van der Waals surface area (Å²) >= 11 is 0. The van der Waals surface area contributed by atoms with Crippen LogP contribution in [-0.2, 0) is 11.3 Å². The molecule has 0 bridgehead atoms. The van der Waals surface area contributed by atoms with E-state index in [4.69, 9.17) is 10.5 Å². The molecule has 2 aromatic rings. The van der Waals surface area contributed by atoms with Gasteiger partial charge in [0.1, 0.15) is 6.10 Å². The number of ether oxygens (including phenoxy) is 1. The fraction of sp³-hybridized carbons (Fsp3) is 0.350. The summed E-state index contributed by atoms with van der Waals surface area (Å²) in [5.41, 5.74) is 7.09. The molecule has 0 unspecified atom stereocenters. The number of carbonyl (C=O) groups excluding carboxylic acids is 2. The van der Waals surface area contributed by atoms with E-state index < -0.39 is 5.91 Å². The van der Waals surface area contributed by atoms with Crippen molar-refractivity contribution >= 4 is 11.9 Å². The third-order valence-corrected chi connectivity index (χ3v) is 4.21. The van der Waals surface area contributed by atoms with E-state index in [1.54, 1.807) is 30.6 Å². The first-order valence-corrected chi connectivity index (χ1v) is 8.25. The Labute approximate surface area is 148 Å². The van der Waals surface area contributed by atoms with Crippen LogP contribution in [-0.4, -0.2) is 18.0 Å². The third-order valence-electron chi connectivity index (χ3n) is 4.21. The van der Waals surface area contributed by atoms with Gasteiger partial charge in [-0.15, -0.1) is 0 Å². The van der Waals surface area contributed by atoms with E-state index in [0.29, 0.717) is 17.7 Å². The van der Waals surface area contributed by atoms with Crippen LogP contribution >= 0.6 is 0 Å². The Balaban J connectivity index is 2.10. The second-order valence-electron chi connectivity index (χ2n) is 7.24. The largest absolute Gasteiger partial charge is 0.459 e. The van der Waals surface area contributed by atoms with Gasteiger partial charge in [0.05, 0.1) is 11.1 Å². The number of rotatable bonds is 5. The number of nitrogens with zero attached hydrogens (tertiary/aromatic N) is 1. The van der Waals surface area contributed by atoms with Crippen LogP contribution in [0.3, 0.4) is 0 Å². The highest BCUT2D eigenvalue weighted by Gasteiger charge is 2.24. The highest BCUT2D eigenvalue weighted by Crippen LogP contribution is 2.22. The van der Waals surface area contributed by atoms with Crippen molar-refractivity contribution < 1.29 is 18.9 Å². The lowest BCUT2D eigenvalue weighted by Gasteiger charge is -2.26. The predicted octanol–water partition coefficient (Wildman–Crippen LogP) is 2.71. The van der Waals surface area contributed by atoms with E-state index in [1.807, 2.05) is 50.5 Å². The molecule has 1 atom stereocenters. The molecular weight excluding hydrogens is 316 g/mol. The summed E-state index contributed by atoms with van der Waals surface area (Å²) in [5.74, 6) is -0.775. The van der Waals surface area contributed by atoms with Crippen molar-refractivity contribution in [1.29, 1.82) is 0 Å². The predicted molar refractivity (Wildman–Crippen MR) is 95.0 cm³/mol. The van der Waals surface area contributed by atoms with E-state index in [1.165, 1.54) is 0 Å². The Bertz CT molecular complexity index is 761. The van der Waals surface area contributed by atoms with Crippen LogP contribution in [0.15, 0.2) is 48.8 Å². The molecule has 1 aromatic carbocycles. The molecule has 1 heterocycles. The van der Waals surface area contributed by atoms with Crippen LogP contribution in [0, 0.1) is 5.41 Å². The zero-order valence-corrected chi connectivity index (χ0v) is 15.2. The van der Waals surface area contributed by atoms with Gasteiger partial charge in [-0.2, -0.15) is 0 Å². The normalized spacial score (nSPS) is 12.5. The molecule has 5 heteroatoms. The molecule has 2 rings (SSSR count). The molecule has 0 saturated heterocycles. The van der Waals surface area contributed by atoms with Gasteiger partial charge < -0.3 is 10.5 Å². The second kappa shape index (κ2) is 7.47. The molecule has 1 aromatic heterocycles. The standard InChI is InChI=1S/C20H24N2O3/c1-14(20(2,3)4)25-19(24)17-7-5-6-15(12-17)13-22-10-8-16(9-11-22)18(21)23/h5-12,14H,13H2,1-4H3,(H-,21,23)/p+1/t14-/m1/s1. The van der Waals surface area contributed by atoms with Crippen LogP contribution in [0.1, 0.15) is 54.0 Å². The van der Waals surface area contributed by atoms with Gasteiger partial charge in [-0.3, -0.25) is 4.79 Å². The fourth-order valence-electron chi connectivity index (χ4n) is 2.14. The van der Waals surface area contributed by atoms with Crippen molar-refractivity contribution in [1.82, 2.24) is 0 Å². The number of benzene rings is 1. The Morgan fingerprint density at radius 2 is 1.76 bits per heavy atom. The number of primary amides is 1. The van der Waals surface area contributed by atoms with Crippen molar-refractivity contribution in [2.75, 3.05) is 0 Å². The Kier molecular flexibility index (Phi) is 5.57. The maximum Gasteiger partial charge on any atom is 0.338 e. The summed E-state index contributed by atoms with van der Waals surface area (Å²) in [5, 5.41) is 0. The topological polar surface area (TPSA) is 73.3 Å². The lowest BCUT2D eigenvalue weighted by Crippen LogP contribution is -2.34. The lowest BCUT2D eigenvalue weighted by atomic mass is 9.90. The van der Waals surface area contributed by atoms with Gasteiger partial charge in [-0.25, -0.2) is 9.36 Å². The number of hydrogen-bond donors (Lipinski definition) is 1. The Morgan fingerprint density at radius 3 is 2.32 bits per heavy atom. The quantitative estimate of drug-likeness (QED) is 0.671. The zero-order valence-electron chi connectivity index (χ0n) is 15.2. The first-order chi connectivity index (χ1) is 11.7. The van der Waals surface area contributed by atoms with Gasteiger partial charge in [0.25, 0.3) is 0 Å². The highest BCUT2D eigenvalue weighted by molar-refractivity contribution is 5.92. The van der Waals surface area contributed by atoms with Gasteiger partial charge in [0.15, 0.2) is 18.9 Å². The molecule has 1 amide bonds. The monoisotopic (exact) mass is 341 g/mol. The van der Waals surface area contributed by atoms with Gasteiger partial charge in [-0.1, -0.05) is 32.9 Å². The van der Waals surface area contributed by atoms with Crippen molar-refractivity contribution in [3.63, 3.8) is 0 Å². The number of pyridine rings is 1. The van der Waals surface area contributed by atoms with Crippen molar-refractivity contribution in [2.45, 2.75) is 40.3 Å². The number of esters is 1. The summed E-state index contributed by atoms with van der Waals surface area (Å²) < 4.78 is 7.46. The molecule has 5 nitrogen and oxygen atoms in total. The van der Waals surface area contributed by atoms with Crippen molar-refractivity contribution in [3.8, 4) is 0 Å².